The van der Waals surface area contributed by atoms with Crippen molar-refractivity contribution in [3.05, 3.63) is 35.6 Å². The SMILES string of the molecule is CC(C)CC(O)C(CN)c1cccc(F)c1. The van der Waals surface area contributed by atoms with Crippen molar-refractivity contribution in [1.29, 1.82) is 0 Å². The van der Waals surface area contributed by atoms with E-state index in [1.807, 2.05) is 19.9 Å². The number of aliphatic hydroxyl groups excluding tert-OH is 1. The van der Waals surface area contributed by atoms with Gasteiger partial charge in [0, 0.05) is 12.5 Å². The second-order valence-corrected chi connectivity index (χ2v) is 4.59. The van der Waals surface area contributed by atoms with Crippen molar-refractivity contribution < 1.29 is 9.50 Å². The van der Waals surface area contributed by atoms with Crippen LogP contribution >= 0.6 is 0 Å². The summed E-state index contributed by atoms with van der Waals surface area (Å²) < 4.78 is 13.1. The Balaban J connectivity index is 2.81. The van der Waals surface area contributed by atoms with E-state index in [4.69, 9.17) is 5.73 Å². The highest BCUT2D eigenvalue weighted by Gasteiger charge is 2.20. The Morgan fingerprint density at radius 3 is 2.56 bits per heavy atom. The van der Waals surface area contributed by atoms with Crippen LogP contribution in [-0.2, 0) is 0 Å². The van der Waals surface area contributed by atoms with E-state index in [0.717, 1.165) is 5.56 Å². The number of hydrogen-bond donors (Lipinski definition) is 2. The normalized spacial score (nSPS) is 15.1. The molecule has 0 aliphatic rings. The Morgan fingerprint density at radius 1 is 1.38 bits per heavy atom. The van der Waals surface area contributed by atoms with Crippen LogP contribution < -0.4 is 5.73 Å². The van der Waals surface area contributed by atoms with Crippen LogP contribution in [0.1, 0.15) is 31.7 Å². The van der Waals surface area contributed by atoms with E-state index in [1.165, 1.54) is 12.1 Å². The van der Waals surface area contributed by atoms with Gasteiger partial charge in [0.15, 0.2) is 0 Å². The molecule has 3 heteroatoms. The molecule has 0 amide bonds. The van der Waals surface area contributed by atoms with Gasteiger partial charge in [0.2, 0.25) is 0 Å². The van der Waals surface area contributed by atoms with Gasteiger partial charge in [0.1, 0.15) is 5.82 Å². The smallest absolute Gasteiger partial charge is 0.123 e. The number of rotatable bonds is 5. The highest BCUT2D eigenvalue weighted by atomic mass is 19.1. The van der Waals surface area contributed by atoms with Crippen LogP contribution in [0.25, 0.3) is 0 Å². The summed E-state index contributed by atoms with van der Waals surface area (Å²) in [6.07, 6.45) is 0.171. The van der Waals surface area contributed by atoms with E-state index in [9.17, 15) is 9.50 Å². The molecule has 0 saturated heterocycles. The molecule has 2 unspecified atom stereocenters. The van der Waals surface area contributed by atoms with Crippen molar-refractivity contribution in [3.8, 4) is 0 Å². The standard InChI is InChI=1S/C13H20FNO/c1-9(2)6-13(16)12(8-15)10-4-3-5-11(14)7-10/h3-5,7,9,12-13,16H,6,8,15H2,1-2H3. The van der Waals surface area contributed by atoms with E-state index in [-0.39, 0.29) is 11.7 Å². The molecule has 0 radical (unpaired) electrons. The zero-order valence-electron chi connectivity index (χ0n) is 9.86. The van der Waals surface area contributed by atoms with Crippen LogP contribution in [0.5, 0.6) is 0 Å². The molecule has 1 rings (SSSR count). The third kappa shape index (κ3) is 3.58. The lowest BCUT2D eigenvalue weighted by Crippen LogP contribution is -2.27. The molecule has 0 aromatic heterocycles. The first-order valence-corrected chi connectivity index (χ1v) is 5.68. The summed E-state index contributed by atoms with van der Waals surface area (Å²) in [6.45, 7) is 4.42. The van der Waals surface area contributed by atoms with Gasteiger partial charge in [0.25, 0.3) is 0 Å². The van der Waals surface area contributed by atoms with Gasteiger partial charge in [-0.1, -0.05) is 26.0 Å². The van der Waals surface area contributed by atoms with E-state index < -0.39 is 6.10 Å². The Bertz CT molecular complexity index is 327. The van der Waals surface area contributed by atoms with Crippen molar-refractivity contribution >= 4 is 0 Å². The monoisotopic (exact) mass is 225 g/mol. The Morgan fingerprint density at radius 2 is 2.06 bits per heavy atom. The second-order valence-electron chi connectivity index (χ2n) is 4.59. The maximum absolute atomic E-state index is 13.1. The fourth-order valence-corrected chi connectivity index (χ4v) is 1.90. The molecular formula is C13H20FNO. The van der Waals surface area contributed by atoms with Crippen LogP contribution in [0.4, 0.5) is 4.39 Å². The summed E-state index contributed by atoms with van der Waals surface area (Å²) in [5.41, 5.74) is 6.42. The van der Waals surface area contributed by atoms with E-state index in [1.54, 1.807) is 6.07 Å². The molecule has 1 aromatic rings. The van der Waals surface area contributed by atoms with Gasteiger partial charge in [-0.25, -0.2) is 4.39 Å². The van der Waals surface area contributed by atoms with Gasteiger partial charge in [-0.2, -0.15) is 0 Å². The average molecular weight is 225 g/mol. The van der Waals surface area contributed by atoms with Gasteiger partial charge in [-0.3, -0.25) is 0 Å². The molecule has 0 aliphatic heterocycles. The van der Waals surface area contributed by atoms with Crippen molar-refractivity contribution in [1.82, 2.24) is 0 Å². The second kappa shape index (κ2) is 5.97. The van der Waals surface area contributed by atoms with Crippen LogP contribution in [-0.4, -0.2) is 17.8 Å². The molecule has 0 fully saturated rings. The van der Waals surface area contributed by atoms with E-state index in [0.29, 0.717) is 18.9 Å². The minimum atomic E-state index is -0.508. The fourth-order valence-electron chi connectivity index (χ4n) is 1.90. The topological polar surface area (TPSA) is 46.2 Å². The highest BCUT2D eigenvalue weighted by molar-refractivity contribution is 5.22. The Hall–Kier alpha value is -0.930. The number of halogens is 1. The lowest BCUT2D eigenvalue weighted by Gasteiger charge is -2.23. The first-order valence-electron chi connectivity index (χ1n) is 5.68. The predicted molar refractivity (Wildman–Crippen MR) is 63.7 cm³/mol. The van der Waals surface area contributed by atoms with E-state index >= 15 is 0 Å². The summed E-state index contributed by atoms with van der Waals surface area (Å²) in [5, 5.41) is 10.0. The number of nitrogens with two attached hydrogens (primary N) is 1. The molecule has 2 atom stereocenters. The maximum atomic E-state index is 13.1. The van der Waals surface area contributed by atoms with Crippen molar-refractivity contribution in [2.24, 2.45) is 11.7 Å². The number of hydrogen-bond acceptors (Lipinski definition) is 2. The van der Waals surface area contributed by atoms with Gasteiger partial charge in [0.05, 0.1) is 6.10 Å². The van der Waals surface area contributed by atoms with Crippen molar-refractivity contribution in [3.63, 3.8) is 0 Å². The molecule has 2 nitrogen and oxygen atoms in total. The number of aliphatic hydroxyl groups is 1. The summed E-state index contributed by atoms with van der Waals surface area (Å²) >= 11 is 0. The molecule has 0 spiro atoms. The fraction of sp³-hybridized carbons (Fsp3) is 0.538. The first kappa shape index (κ1) is 13.1. The van der Waals surface area contributed by atoms with Crippen LogP contribution in [0.2, 0.25) is 0 Å². The minimum Gasteiger partial charge on any atom is -0.392 e. The molecular weight excluding hydrogens is 205 g/mol. The molecule has 16 heavy (non-hydrogen) atoms. The van der Waals surface area contributed by atoms with Crippen LogP contribution in [0, 0.1) is 11.7 Å². The Kier molecular flexibility index (Phi) is 4.90. The van der Waals surface area contributed by atoms with Crippen molar-refractivity contribution in [2.75, 3.05) is 6.54 Å². The van der Waals surface area contributed by atoms with Crippen LogP contribution in [0.15, 0.2) is 24.3 Å². The number of benzene rings is 1. The molecule has 0 saturated carbocycles. The lowest BCUT2D eigenvalue weighted by molar-refractivity contribution is 0.121. The van der Waals surface area contributed by atoms with Crippen LogP contribution in [0.3, 0.4) is 0 Å². The minimum absolute atomic E-state index is 0.182. The molecule has 0 bridgehead atoms. The summed E-state index contributed by atoms with van der Waals surface area (Å²) in [7, 11) is 0. The molecule has 0 heterocycles. The predicted octanol–water partition coefficient (Wildman–Crippen LogP) is 2.28. The molecule has 3 N–H and O–H groups in total. The van der Waals surface area contributed by atoms with Gasteiger partial charge >= 0.3 is 0 Å². The summed E-state index contributed by atoms with van der Waals surface area (Å²) in [6, 6.07) is 6.30. The third-order valence-corrected chi connectivity index (χ3v) is 2.71. The molecule has 90 valence electrons. The molecule has 0 aliphatic carbocycles. The zero-order valence-corrected chi connectivity index (χ0v) is 9.86. The zero-order chi connectivity index (χ0) is 12.1. The van der Waals surface area contributed by atoms with Gasteiger partial charge in [-0.05, 0) is 30.0 Å². The van der Waals surface area contributed by atoms with Crippen molar-refractivity contribution in [2.45, 2.75) is 32.3 Å². The van der Waals surface area contributed by atoms with Gasteiger partial charge in [-0.15, -0.1) is 0 Å². The van der Waals surface area contributed by atoms with E-state index in [2.05, 4.69) is 0 Å². The summed E-state index contributed by atoms with van der Waals surface area (Å²) in [5.74, 6) is -0.0663. The summed E-state index contributed by atoms with van der Waals surface area (Å²) in [4.78, 5) is 0. The maximum Gasteiger partial charge on any atom is 0.123 e. The first-order chi connectivity index (χ1) is 7.54. The molecule has 1 aromatic carbocycles. The lowest BCUT2D eigenvalue weighted by atomic mass is 9.88. The average Bonchev–Trinajstić information content (AvgIpc) is 2.17. The third-order valence-electron chi connectivity index (χ3n) is 2.71. The highest BCUT2D eigenvalue weighted by Crippen LogP contribution is 2.23. The quantitative estimate of drug-likeness (QED) is 0.807. The Labute approximate surface area is 96.3 Å². The van der Waals surface area contributed by atoms with Gasteiger partial charge < -0.3 is 10.8 Å². The largest absolute Gasteiger partial charge is 0.392 e.